The lowest BCUT2D eigenvalue weighted by atomic mass is 10.2. The Balaban J connectivity index is 2.07. The molecule has 152 valence electrons. The van der Waals surface area contributed by atoms with Gasteiger partial charge >= 0.3 is 6.16 Å². The van der Waals surface area contributed by atoms with Crippen LogP contribution in [0.3, 0.4) is 0 Å². The summed E-state index contributed by atoms with van der Waals surface area (Å²) in [5.74, 6) is -0.355. The van der Waals surface area contributed by atoms with Crippen LogP contribution in [0.5, 0.6) is 5.75 Å². The van der Waals surface area contributed by atoms with Crippen molar-refractivity contribution in [3.63, 3.8) is 0 Å². The highest BCUT2D eigenvalue weighted by molar-refractivity contribution is 6.08. The third kappa shape index (κ3) is 6.80. The maximum atomic E-state index is 12.5. The zero-order valence-electron chi connectivity index (χ0n) is 16.7. The predicted octanol–water partition coefficient (Wildman–Crippen LogP) is 4.77. The second-order valence-corrected chi connectivity index (χ2v) is 6.14. The number of nitrogens with one attached hydrogen (secondary N) is 2. The number of ether oxygens (including phenoxy) is 2. The molecule has 0 aromatic heterocycles. The second kappa shape index (κ2) is 10.7. The van der Waals surface area contributed by atoms with E-state index in [-0.39, 0.29) is 24.2 Å². The third-order valence-corrected chi connectivity index (χ3v) is 3.95. The van der Waals surface area contributed by atoms with E-state index < -0.39 is 6.16 Å². The molecule has 7 nitrogen and oxygen atoms in total. The average Bonchev–Trinajstić information content (AvgIpc) is 2.70. The molecule has 0 radical (unpaired) electrons. The van der Waals surface area contributed by atoms with Gasteiger partial charge in [-0.05, 0) is 56.7 Å². The summed E-state index contributed by atoms with van der Waals surface area (Å²) in [6, 6.07) is 13.0. The monoisotopic (exact) mass is 396 g/mol. The fourth-order valence-corrected chi connectivity index (χ4v) is 2.31. The van der Waals surface area contributed by atoms with E-state index in [2.05, 4.69) is 10.6 Å². The van der Waals surface area contributed by atoms with Gasteiger partial charge in [-0.2, -0.15) is 0 Å². The van der Waals surface area contributed by atoms with Crippen molar-refractivity contribution in [2.24, 2.45) is 0 Å². The molecule has 7 heteroatoms. The lowest BCUT2D eigenvalue weighted by Crippen LogP contribution is -2.16. The standard InChI is InChI=1S/C22H24N2O5/c1-4-15(3)14-20(25)23-18-8-6-7-9-19(18)24-21(26)16-10-12-17(13-11-16)29-22(27)28-5-2/h6-14H,4-5H2,1-3H3,(H,23,25)(H,24,26)/b15-14+. The van der Waals surface area contributed by atoms with Gasteiger partial charge in [-0.25, -0.2) is 4.79 Å². The van der Waals surface area contributed by atoms with Gasteiger partial charge in [0.2, 0.25) is 5.91 Å². The molecule has 0 aliphatic heterocycles. The summed E-state index contributed by atoms with van der Waals surface area (Å²) in [6.45, 7) is 5.73. The molecular weight excluding hydrogens is 372 g/mol. The number of carbonyl (C=O) groups is 3. The Morgan fingerprint density at radius 1 is 0.931 bits per heavy atom. The molecule has 2 amide bonds. The minimum atomic E-state index is -0.804. The summed E-state index contributed by atoms with van der Waals surface area (Å²) in [6.07, 6.45) is 1.50. The lowest BCUT2D eigenvalue weighted by molar-refractivity contribution is -0.112. The third-order valence-electron chi connectivity index (χ3n) is 3.95. The predicted molar refractivity (Wildman–Crippen MR) is 111 cm³/mol. The van der Waals surface area contributed by atoms with Gasteiger partial charge < -0.3 is 20.1 Å². The minimum Gasteiger partial charge on any atom is -0.434 e. The zero-order chi connectivity index (χ0) is 21.2. The maximum absolute atomic E-state index is 12.5. The van der Waals surface area contributed by atoms with Crippen molar-refractivity contribution in [2.75, 3.05) is 17.2 Å². The van der Waals surface area contributed by atoms with Crippen LogP contribution in [0.1, 0.15) is 37.6 Å². The normalized spacial score (nSPS) is 10.8. The molecule has 0 unspecified atom stereocenters. The van der Waals surface area contributed by atoms with Crippen molar-refractivity contribution < 1.29 is 23.9 Å². The van der Waals surface area contributed by atoms with E-state index in [4.69, 9.17) is 9.47 Å². The van der Waals surface area contributed by atoms with E-state index in [1.165, 1.54) is 30.3 Å². The summed E-state index contributed by atoms with van der Waals surface area (Å²) < 4.78 is 9.67. The van der Waals surface area contributed by atoms with Crippen LogP contribution in [0.4, 0.5) is 16.2 Å². The first-order valence-electron chi connectivity index (χ1n) is 9.26. The first-order chi connectivity index (χ1) is 13.9. The van der Waals surface area contributed by atoms with Gasteiger partial charge in [0.05, 0.1) is 18.0 Å². The van der Waals surface area contributed by atoms with Crippen molar-refractivity contribution in [2.45, 2.75) is 27.2 Å². The number of anilines is 2. The molecule has 0 fully saturated rings. The molecule has 0 bridgehead atoms. The number of benzene rings is 2. The van der Waals surface area contributed by atoms with Gasteiger partial charge in [0, 0.05) is 11.6 Å². The second-order valence-electron chi connectivity index (χ2n) is 6.14. The molecular formula is C22H24N2O5. The maximum Gasteiger partial charge on any atom is 0.513 e. The number of hydrogen-bond donors (Lipinski definition) is 2. The smallest absolute Gasteiger partial charge is 0.434 e. The Labute approximate surface area is 169 Å². The number of rotatable bonds is 7. The van der Waals surface area contributed by atoms with Gasteiger partial charge in [0.1, 0.15) is 5.75 Å². The largest absolute Gasteiger partial charge is 0.513 e. The van der Waals surface area contributed by atoms with Gasteiger partial charge in [-0.15, -0.1) is 0 Å². The molecule has 0 atom stereocenters. The van der Waals surface area contributed by atoms with Crippen molar-refractivity contribution in [1.82, 2.24) is 0 Å². The van der Waals surface area contributed by atoms with Gasteiger partial charge in [0.15, 0.2) is 0 Å². The van der Waals surface area contributed by atoms with Crippen LogP contribution in [0, 0.1) is 0 Å². The Morgan fingerprint density at radius 3 is 2.14 bits per heavy atom. The fraction of sp³-hybridized carbons (Fsp3) is 0.227. The van der Waals surface area contributed by atoms with Crippen molar-refractivity contribution in [3.8, 4) is 5.75 Å². The van der Waals surface area contributed by atoms with Crippen LogP contribution < -0.4 is 15.4 Å². The van der Waals surface area contributed by atoms with E-state index in [1.807, 2.05) is 13.8 Å². The molecule has 0 spiro atoms. The van der Waals surface area contributed by atoms with Crippen molar-refractivity contribution >= 4 is 29.3 Å². The summed E-state index contributed by atoms with van der Waals surface area (Å²) in [5.41, 5.74) is 2.28. The van der Waals surface area contributed by atoms with E-state index in [0.717, 1.165) is 12.0 Å². The fourth-order valence-electron chi connectivity index (χ4n) is 2.31. The van der Waals surface area contributed by atoms with Crippen LogP contribution >= 0.6 is 0 Å². The molecule has 2 rings (SSSR count). The van der Waals surface area contributed by atoms with Crippen LogP contribution in [-0.4, -0.2) is 24.6 Å². The van der Waals surface area contributed by atoms with Crippen LogP contribution in [0.15, 0.2) is 60.2 Å². The highest BCUT2D eigenvalue weighted by Gasteiger charge is 2.11. The Bertz CT molecular complexity index is 904. The van der Waals surface area contributed by atoms with Gasteiger partial charge in [-0.3, -0.25) is 9.59 Å². The SMILES string of the molecule is CCOC(=O)Oc1ccc(C(=O)Nc2ccccc2NC(=O)/C=C(\C)CC)cc1. The minimum absolute atomic E-state index is 0.211. The first-order valence-corrected chi connectivity index (χ1v) is 9.26. The zero-order valence-corrected chi connectivity index (χ0v) is 16.7. The molecule has 0 saturated carbocycles. The summed E-state index contributed by atoms with van der Waals surface area (Å²) in [4.78, 5) is 36.0. The molecule has 2 N–H and O–H groups in total. The number of allylic oxidation sites excluding steroid dienone is 1. The molecule has 0 saturated heterocycles. The van der Waals surface area contributed by atoms with Crippen LogP contribution in [0.2, 0.25) is 0 Å². The van der Waals surface area contributed by atoms with Gasteiger partial charge in [0.25, 0.3) is 5.91 Å². The average molecular weight is 396 g/mol. The van der Waals surface area contributed by atoms with E-state index in [1.54, 1.807) is 31.2 Å². The Hall–Kier alpha value is -3.61. The number of amides is 2. The van der Waals surface area contributed by atoms with E-state index in [0.29, 0.717) is 16.9 Å². The Morgan fingerprint density at radius 2 is 1.55 bits per heavy atom. The van der Waals surface area contributed by atoms with Crippen LogP contribution in [0.25, 0.3) is 0 Å². The van der Waals surface area contributed by atoms with E-state index >= 15 is 0 Å². The highest BCUT2D eigenvalue weighted by Crippen LogP contribution is 2.22. The molecule has 0 heterocycles. The van der Waals surface area contributed by atoms with E-state index in [9.17, 15) is 14.4 Å². The number of para-hydroxylation sites is 2. The number of hydrogen-bond acceptors (Lipinski definition) is 5. The van der Waals surface area contributed by atoms with Crippen molar-refractivity contribution in [3.05, 3.63) is 65.7 Å². The van der Waals surface area contributed by atoms with Gasteiger partial charge in [-0.1, -0.05) is 24.6 Å². The summed E-state index contributed by atoms with van der Waals surface area (Å²) in [5, 5.41) is 5.55. The summed E-state index contributed by atoms with van der Waals surface area (Å²) in [7, 11) is 0. The Kier molecular flexibility index (Phi) is 7.97. The summed E-state index contributed by atoms with van der Waals surface area (Å²) >= 11 is 0. The number of carbonyl (C=O) groups excluding carboxylic acids is 3. The first kappa shape index (κ1) is 21.7. The lowest BCUT2D eigenvalue weighted by Gasteiger charge is -2.12. The molecule has 29 heavy (non-hydrogen) atoms. The van der Waals surface area contributed by atoms with Crippen molar-refractivity contribution in [1.29, 1.82) is 0 Å². The highest BCUT2D eigenvalue weighted by atomic mass is 16.7. The molecule has 0 aliphatic carbocycles. The molecule has 0 aliphatic rings. The quantitative estimate of drug-likeness (QED) is 0.399. The van der Waals surface area contributed by atoms with Crippen LogP contribution in [-0.2, 0) is 9.53 Å². The topological polar surface area (TPSA) is 93.7 Å². The molecule has 2 aromatic rings. The molecule has 2 aromatic carbocycles.